The van der Waals surface area contributed by atoms with Crippen molar-refractivity contribution in [3.8, 4) is 0 Å². The average molecular weight is 161 g/mol. The molecule has 0 saturated heterocycles. The molecule has 0 aromatic heterocycles. The molecule has 0 spiro atoms. The van der Waals surface area contributed by atoms with Gasteiger partial charge in [0.25, 0.3) is 0 Å². The Hall–Kier alpha value is 0.310. The molecule has 1 nitrogen and oxygen atoms in total. The lowest BCUT2D eigenvalue weighted by atomic mass is 9.88. The molecule has 1 N–H and O–H groups in total. The minimum Gasteiger partial charge on any atom is -0.316 e. The zero-order valence-corrected chi connectivity index (χ0v) is 8.51. The molecule has 0 aromatic carbocycles. The van der Waals surface area contributed by atoms with Gasteiger partial charge in [-0.05, 0) is 18.7 Å². The van der Waals surface area contributed by atoms with E-state index in [1.807, 2.05) is 18.8 Å². The van der Waals surface area contributed by atoms with Crippen LogP contribution < -0.4 is 5.32 Å². The van der Waals surface area contributed by atoms with E-state index in [-0.39, 0.29) is 0 Å². The van der Waals surface area contributed by atoms with Crippen LogP contribution in [-0.4, -0.2) is 25.1 Å². The first kappa shape index (κ1) is 10.3. The highest BCUT2D eigenvalue weighted by Crippen LogP contribution is 2.21. The fourth-order valence-electron chi connectivity index (χ4n) is 0.933. The van der Waals surface area contributed by atoms with Gasteiger partial charge in [0.15, 0.2) is 0 Å². The van der Waals surface area contributed by atoms with Gasteiger partial charge in [0, 0.05) is 11.8 Å². The molecule has 2 heteroatoms. The molecular formula is C8H19NS. The fourth-order valence-corrected chi connectivity index (χ4v) is 1.93. The monoisotopic (exact) mass is 161 g/mol. The van der Waals surface area contributed by atoms with Crippen molar-refractivity contribution in [1.29, 1.82) is 0 Å². The summed E-state index contributed by atoms with van der Waals surface area (Å²) in [6.45, 7) is 6.80. The van der Waals surface area contributed by atoms with Crippen molar-refractivity contribution in [3.63, 3.8) is 0 Å². The molecule has 10 heavy (non-hydrogen) atoms. The van der Waals surface area contributed by atoms with Gasteiger partial charge < -0.3 is 5.32 Å². The van der Waals surface area contributed by atoms with Crippen LogP contribution in [0.3, 0.4) is 0 Å². The van der Waals surface area contributed by atoms with Crippen LogP contribution in [0, 0.1) is 5.41 Å². The van der Waals surface area contributed by atoms with E-state index < -0.39 is 0 Å². The summed E-state index contributed by atoms with van der Waals surface area (Å²) < 4.78 is 0. The highest BCUT2D eigenvalue weighted by atomic mass is 32.2. The van der Waals surface area contributed by atoms with Gasteiger partial charge in [-0.3, -0.25) is 0 Å². The maximum atomic E-state index is 3.32. The lowest BCUT2D eigenvalue weighted by molar-refractivity contribution is 0.305. The summed E-state index contributed by atoms with van der Waals surface area (Å²) in [5.41, 5.74) is 0.387. The van der Waals surface area contributed by atoms with Crippen molar-refractivity contribution in [2.45, 2.75) is 26.8 Å². The molecular weight excluding hydrogens is 142 g/mol. The van der Waals surface area contributed by atoms with Gasteiger partial charge in [-0.1, -0.05) is 20.8 Å². The van der Waals surface area contributed by atoms with Crippen LogP contribution in [0.2, 0.25) is 0 Å². The second kappa shape index (κ2) is 4.24. The van der Waals surface area contributed by atoms with Gasteiger partial charge >= 0.3 is 0 Å². The SMILES string of the molecule is CNC(CSC)C(C)(C)C. The van der Waals surface area contributed by atoms with Gasteiger partial charge in [0.2, 0.25) is 0 Å². The van der Waals surface area contributed by atoms with E-state index in [4.69, 9.17) is 0 Å². The molecule has 0 amide bonds. The molecule has 0 aliphatic heterocycles. The van der Waals surface area contributed by atoms with E-state index in [0.717, 1.165) is 0 Å². The summed E-state index contributed by atoms with van der Waals surface area (Å²) in [5.74, 6) is 1.19. The van der Waals surface area contributed by atoms with Crippen LogP contribution in [0.1, 0.15) is 20.8 Å². The molecule has 0 aromatic rings. The Balaban J connectivity index is 3.81. The van der Waals surface area contributed by atoms with E-state index in [0.29, 0.717) is 11.5 Å². The lowest BCUT2D eigenvalue weighted by Gasteiger charge is -2.29. The summed E-state index contributed by atoms with van der Waals surface area (Å²) in [5, 5.41) is 3.32. The van der Waals surface area contributed by atoms with Crippen LogP contribution in [-0.2, 0) is 0 Å². The van der Waals surface area contributed by atoms with Crippen LogP contribution >= 0.6 is 11.8 Å². The number of rotatable bonds is 3. The predicted molar refractivity (Wildman–Crippen MR) is 50.7 cm³/mol. The molecule has 0 saturated carbocycles. The molecule has 0 heterocycles. The molecule has 0 fully saturated rings. The average Bonchev–Trinajstić information content (AvgIpc) is 1.80. The summed E-state index contributed by atoms with van der Waals surface area (Å²) in [6, 6.07) is 0.627. The summed E-state index contributed by atoms with van der Waals surface area (Å²) in [7, 11) is 2.03. The Kier molecular flexibility index (Phi) is 4.37. The quantitative estimate of drug-likeness (QED) is 0.679. The second-order valence-corrected chi connectivity index (χ2v) is 4.57. The minimum atomic E-state index is 0.387. The van der Waals surface area contributed by atoms with Gasteiger partial charge in [-0.2, -0.15) is 11.8 Å². The summed E-state index contributed by atoms with van der Waals surface area (Å²) in [4.78, 5) is 0. The number of hydrogen-bond acceptors (Lipinski definition) is 2. The maximum absolute atomic E-state index is 3.32. The summed E-state index contributed by atoms with van der Waals surface area (Å²) in [6.07, 6.45) is 2.15. The zero-order valence-electron chi connectivity index (χ0n) is 7.69. The van der Waals surface area contributed by atoms with E-state index in [9.17, 15) is 0 Å². The van der Waals surface area contributed by atoms with Crippen LogP contribution in [0.4, 0.5) is 0 Å². The highest BCUT2D eigenvalue weighted by molar-refractivity contribution is 7.98. The minimum absolute atomic E-state index is 0.387. The number of thioether (sulfide) groups is 1. The Morgan fingerprint density at radius 2 is 1.90 bits per heavy atom. The fraction of sp³-hybridized carbons (Fsp3) is 1.00. The van der Waals surface area contributed by atoms with E-state index in [1.54, 1.807) is 0 Å². The van der Waals surface area contributed by atoms with Gasteiger partial charge in [0.1, 0.15) is 0 Å². The normalized spacial score (nSPS) is 15.3. The van der Waals surface area contributed by atoms with E-state index in [1.165, 1.54) is 5.75 Å². The molecule has 0 rings (SSSR count). The molecule has 1 atom stereocenters. The van der Waals surface area contributed by atoms with Crippen molar-refractivity contribution in [2.75, 3.05) is 19.1 Å². The molecule has 0 radical (unpaired) electrons. The number of nitrogens with one attached hydrogen (secondary N) is 1. The van der Waals surface area contributed by atoms with Crippen molar-refractivity contribution in [3.05, 3.63) is 0 Å². The first-order chi connectivity index (χ1) is 4.52. The standard InChI is InChI=1S/C8H19NS/c1-8(2,3)7(9-4)6-10-5/h7,9H,6H2,1-5H3. The van der Waals surface area contributed by atoms with Crippen LogP contribution in [0.25, 0.3) is 0 Å². The third kappa shape index (κ3) is 3.47. The molecule has 0 aliphatic carbocycles. The Bertz CT molecular complexity index is 85.7. The zero-order chi connectivity index (χ0) is 8.20. The molecule has 62 valence electrons. The third-order valence-electron chi connectivity index (χ3n) is 1.73. The van der Waals surface area contributed by atoms with Gasteiger partial charge in [-0.15, -0.1) is 0 Å². The van der Waals surface area contributed by atoms with Crippen molar-refractivity contribution in [1.82, 2.24) is 5.32 Å². The van der Waals surface area contributed by atoms with Crippen molar-refractivity contribution >= 4 is 11.8 Å². The third-order valence-corrected chi connectivity index (χ3v) is 2.39. The topological polar surface area (TPSA) is 12.0 Å². The van der Waals surface area contributed by atoms with Gasteiger partial charge in [-0.25, -0.2) is 0 Å². The predicted octanol–water partition coefficient (Wildman–Crippen LogP) is 1.98. The Morgan fingerprint density at radius 1 is 1.40 bits per heavy atom. The van der Waals surface area contributed by atoms with Crippen molar-refractivity contribution in [2.24, 2.45) is 5.41 Å². The van der Waals surface area contributed by atoms with Crippen LogP contribution in [0.5, 0.6) is 0 Å². The smallest absolute Gasteiger partial charge is 0.0203 e. The van der Waals surface area contributed by atoms with E-state index >= 15 is 0 Å². The maximum Gasteiger partial charge on any atom is 0.0203 e. The first-order valence-corrected chi connectivity index (χ1v) is 5.08. The molecule has 0 bridgehead atoms. The Labute approximate surface area is 69.0 Å². The Morgan fingerprint density at radius 3 is 2.00 bits per heavy atom. The van der Waals surface area contributed by atoms with E-state index in [2.05, 4.69) is 32.3 Å². The summed E-state index contributed by atoms with van der Waals surface area (Å²) >= 11 is 1.90. The van der Waals surface area contributed by atoms with Gasteiger partial charge in [0.05, 0.1) is 0 Å². The van der Waals surface area contributed by atoms with Crippen molar-refractivity contribution < 1.29 is 0 Å². The molecule has 1 unspecified atom stereocenters. The molecule has 0 aliphatic rings. The van der Waals surface area contributed by atoms with Crippen LogP contribution in [0.15, 0.2) is 0 Å². The number of hydrogen-bond donors (Lipinski definition) is 1. The highest BCUT2D eigenvalue weighted by Gasteiger charge is 2.21. The second-order valence-electron chi connectivity index (χ2n) is 3.66. The largest absolute Gasteiger partial charge is 0.316 e. The first-order valence-electron chi connectivity index (χ1n) is 3.68. The lowest BCUT2D eigenvalue weighted by Crippen LogP contribution is -2.39.